The number of aromatic nitrogens is 5. The van der Waals surface area contributed by atoms with Crippen LogP contribution >= 0.6 is 11.3 Å². The SMILES string of the molecule is Cc1cc(C)c2c(n1)sc1c2ncn2nc(-c3cccc(COCC(F)(F)C(F)F)c3)nc12. The van der Waals surface area contributed by atoms with Gasteiger partial charge in [-0.05, 0) is 37.1 Å². The number of benzene rings is 1. The minimum absolute atomic E-state index is 0.240. The van der Waals surface area contributed by atoms with Crippen molar-refractivity contribution in [3.8, 4) is 11.4 Å². The summed E-state index contributed by atoms with van der Waals surface area (Å²) in [6, 6.07) is 8.83. The van der Waals surface area contributed by atoms with Crippen molar-refractivity contribution in [3.05, 3.63) is 53.5 Å². The topological polar surface area (TPSA) is 65.2 Å². The predicted octanol–water partition coefficient (Wildman–Crippen LogP) is 5.59. The zero-order valence-electron chi connectivity index (χ0n) is 17.5. The van der Waals surface area contributed by atoms with E-state index in [0.29, 0.717) is 22.6 Å². The molecule has 0 aliphatic rings. The van der Waals surface area contributed by atoms with Crippen LogP contribution in [0.4, 0.5) is 17.6 Å². The van der Waals surface area contributed by atoms with Crippen molar-refractivity contribution in [2.45, 2.75) is 32.8 Å². The average molecular weight is 475 g/mol. The Morgan fingerprint density at radius 1 is 1.15 bits per heavy atom. The van der Waals surface area contributed by atoms with Crippen LogP contribution in [0.2, 0.25) is 0 Å². The molecule has 0 spiro atoms. The fraction of sp³-hybridized carbons (Fsp3) is 0.273. The number of hydrogen-bond donors (Lipinski definition) is 0. The van der Waals surface area contributed by atoms with E-state index >= 15 is 0 Å². The Morgan fingerprint density at radius 2 is 1.97 bits per heavy atom. The van der Waals surface area contributed by atoms with Crippen LogP contribution in [-0.2, 0) is 11.3 Å². The Labute approximate surface area is 188 Å². The smallest absolute Gasteiger partial charge is 0.330 e. The summed E-state index contributed by atoms with van der Waals surface area (Å²) in [7, 11) is 0. The Kier molecular flexibility index (Phi) is 5.25. The van der Waals surface area contributed by atoms with Gasteiger partial charge in [0.25, 0.3) is 0 Å². The van der Waals surface area contributed by atoms with Crippen LogP contribution in [0.5, 0.6) is 0 Å². The first-order valence-corrected chi connectivity index (χ1v) is 10.8. The van der Waals surface area contributed by atoms with E-state index in [2.05, 4.69) is 20.1 Å². The highest BCUT2D eigenvalue weighted by molar-refractivity contribution is 7.26. The third-order valence-electron chi connectivity index (χ3n) is 5.16. The minimum atomic E-state index is -4.19. The van der Waals surface area contributed by atoms with Crippen molar-refractivity contribution in [1.29, 1.82) is 0 Å². The summed E-state index contributed by atoms with van der Waals surface area (Å²) in [5.74, 6) is -3.77. The van der Waals surface area contributed by atoms with Gasteiger partial charge in [-0.15, -0.1) is 16.4 Å². The maximum atomic E-state index is 13.1. The molecule has 4 heterocycles. The lowest BCUT2D eigenvalue weighted by Gasteiger charge is -2.15. The zero-order valence-corrected chi connectivity index (χ0v) is 18.3. The molecular formula is C22H17F4N5OS. The van der Waals surface area contributed by atoms with E-state index < -0.39 is 19.0 Å². The molecule has 0 aliphatic heterocycles. The standard InChI is InChI=1S/C22H17F4N5OS/c1-11-6-12(2)28-20-15(11)16-17(33-20)19-29-18(30-31(19)10-27-16)14-5-3-4-13(7-14)8-32-9-22(25,26)21(23)24/h3-7,10,21H,8-9H2,1-2H3. The second-order valence-electron chi connectivity index (χ2n) is 7.74. The molecule has 1 aromatic carbocycles. The highest BCUT2D eigenvalue weighted by atomic mass is 32.1. The predicted molar refractivity (Wildman–Crippen MR) is 117 cm³/mol. The van der Waals surface area contributed by atoms with Gasteiger partial charge < -0.3 is 4.74 Å². The van der Waals surface area contributed by atoms with Crippen molar-refractivity contribution in [1.82, 2.24) is 24.6 Å². The van der Waals surface area contributed by atoms with Gasteiger partial charge in [0.05, 0.1) is 12.1 Å². The molecule has 0 unspecified atom stereocenters. The summed E-state index contributed by atoms with van der Waals surface area (Å²) in [6.07, 6.45) is -2.17. The van der Waals surface area contributed by atoms with Crippen LogP contribution < -0.4 is 0 Å². The normalized spacial score (nSPS) is 12.6. The van der Waals surface area contributed by atoms with Crippen LogP contribution in [0.25, 0.3) is 37.5 Å². The van der Waals surface area contributed by atoms with E-state index in [1.54, 1.807) is 35.1 Å². The molecule has 33 heavy (non-hydrogen) atoms. The maximum absolute atomic E-state index is 13.1. The molecule has 6 nitrogen and oxygen atoms in total. The fourth-order valence-electron chi connectivity index (χ4n) is 3.66. The molecule has 4 aromatic heterocycles. The van der Waals surface area contributed by atoms with Crippen LogP contribution in [0.1, 0.15) is 16.8 Å². The third kappa shape index (κ3) is 3.91. The summed E-state index contributed by atoms with van der Waals surface area (Å²) in [5, 5.41) is 5.49. The molecular weight excluding hydrogens is 458 g/mol. The summed E-state index contributed by atoms with van der Waals surface area (Å²) in [6.45, 7) is 2.37. The van der Waals surface area contributed by atoms with Gasteiger partial charge in [-0.2, -0.15) is 8.78 Å². The van der Waals surface area contributed by atoms with Gasteiger partial charge in [-0.1, -0.05) is 18.2 Å². The summed E-state index contributed by atoms with van der Waals surface area (Å²) < 4.78 is 58.0. The molecule has 0 amide bonds. The fourth-order valence-corrected chi connectivity index (χ4v) is 4.88. The highest BCUT2D eigenvalue weighted by Gasteiger charge is 2.40. The Morgan fingerprint density at radius 3 is 2.76 bits per heavy atom. The van der Waals surface area contributed by atoms with E-state index in [0.717, 1.165) is 31.7 Å². The molecule has 0 radical (unpaired) electrons. The van der Waals surface area contributed by atoms with Crippen molar-refractivity contribution in [2.24, 2.45) is 0 Å². The van der Waals surface area contributed by atoms with Crippen LogP contribution in [0.15, 0.2) is 36.7 Å². The van der Waals surface area contributed by atoms with E-state index in [9.17, 15) is 17.6 Å². The third-order valence-corrected chi connectivity index (χ3v) is 6.23. The molecule has 0 atom stereocenters. The van der Waals surface area contributed by atoms with E-state index in [-0.39, 0.29) is 6.61 Å². The van der Waals surface area contributed by atoms with Crippen LogP contribution in [0.3, 0.4) is 0 Å². The molecule has 0 saturated heterocycles. The molecule has 11 heteroatoms. The first-order valence-electron chi connectivity index (χ1n) is 9.98. The molecule has 5 rings (SSSR count). The lowest BCUT2D eigenvalue weighted by Crippen LogP contribution is -2.32. The number of hydrogen-bond acceptors (Lipinski definition) is 6. The van der Waals surface area contributed by atoms with Gasteiger partial charge in [-0.25, -0.2) is 28.2 Å². The number of alkyl halides is 4. The van der Waals surface area contributed by atoms with Crippen molar-refractivity contribution < 1.29 is 22.3 Å². The van der Waals surface area contributed by atoms with E-state index in [1.165, 1.54) is 11.3 Å². The van der Waals surface area contributed by atoms with Gasteiger partial charge in [0.1, 0.15) is 22.5 Å². The lowest BCUT2D eigenvalue weighted by molar-refractivity contribution is -0.168. The summed E-state index contributed by atoms with van der Waals surface area (Å²) >= 11 is 1.50. The number of halogens is 4. The van der Waals surface area contributed by atoms with Crippen molar-refractivity contribution >= 4 is 37.4 Å². The summed E-state index contributed by atoms with van der Waals surface area (Å²) in [4.78, 5) is 14.7. The lowest BCUT2D eigenvalue weighted by atomic mass is 10.1. The van der Waals surface area contributed by atoms with Gasteiger partial charge in [0.15, 0.2) is 11.5 Å². The number of fused-ring (bicyclic) bond motifs is 5. The molecule has 0 N–H and O–H groups in total. The Hall–Kier alpha value is -3.18. The zero-order chi connectivity index (χ0) is 23.3. The number of thiophene rings is 1. The molecule has 0 aliphatic carbocycles. The first kappa shape index (κ1) is 21.7. The Bertz CT molecular complexity index is 1500. The number of rotatable bonds is 6. The van der Waals surface area contributed by atoms with Gasteiger partial charge in [-0.3, -0.25) is 0 Å². The van der Waals surface area contributed by atoms with Crippen molar-refractivity contribution in [2.75, 3.05) is 6.61 Å². The molecule has 0 bridgehead atoms. The second kappa shape index (κ2) is 7.99. The van der Waals surface area contributed by atoms with E-state index in [1.807, 2.05) is 19.9 Å². The quantitative estimate of drug-likeness (QED) is 0.300. The van der Waals surface area contributed by atoms with Gasteiger partial charge in [0, 0.05) is 16.6 Å². The molecule has 0 saturated carbocycles. The maximum Gasteiger partial charge on any atom is 0.330 e. The minimum Gasteiger partial charge on any atom is -0.370 e. The Balaban J connectivity index is 1.49. The number of pyridine rings is 1. The average Bonchev–Trinajstić information content (AvgIpc) is 3.35. The summed E-state index contributed by atoms with van der Waals surface area (Å²) in [5.41, 5.74) is 4.64. The van der Waals surface area contributed by atoms with E-state index in [4.69, 9.17) is 4.74 Å². The second-order valence-corrected chi connectivity index (χ2v) is 8.74. The molecule has 5 aromatic rings. The first-order chi connectivity index (χ1) is 15.7. The number of nitrogens with zero attached hydrogens (tertiary/aromatic N) is 5. The van der Waals surface area contributed by atoms with Gasteiger partial charge in [0.2, 0.25) is 0 Å². The largest absolute Gasteiger partial charge is 0.370 e. The van der Waals surface area contributed by atoms with Crippen molar-refractivity contribution in [3.63, 3.8) is 0 Å². The number of ether oxygens (including phenoxy) is 1. The van der Waals surface area contributed by atoms with Crippen LogP contribution in [0, 0.1) is 13.8 Å². The van der Waals surface area contributed by atoms with Gasteiger partial charge >= 0.3 is 12.3 Å². The number of aryl methyl sites for hydroxylation is 2. The molecule has 0 fully saturated rings. The van der Waals surface area contributed by atoms with Crippen LogP contribution in [-0.4, -0.2) is 43.5 Å². The highest BCUT2D eigenvalue weighted by Crippen LogP contribution is 2.36. The monoisotopic (exact) mass is 475 g/mol. The molecule has 170 valence electrons.